The number of H-pyrrole nitrogens is 2. The molecule has 0 saturated heterocycles. The summed E-state index contributed by atoms with van der Waals surface area (Å²) in [6.07, 6.45) is 7.19. The summed E-state index contributed by atoms with van der Waals surface area (Å²) >= 11 is 1.68. The van der Waals surface area contributed by atoms with E-state index < -0.39 is 0 Å². The van der Waals surface area contributed by atoms with Gasteiger partial charge in [0.25, 0.3) is 0 Å². The van der Waals surface area contributed by atoms with Crippen LogP contribution in [0.1, 0.15) is 0 Å². The van der Waals surface area contributed by atoms with Gasteiger partial charge in [0.15, 0.2) is 17.1 Å². The van der Waals surface area contributed by atoms with Crippen LogP contribution < -0.4 is 0 Å². The van der Waals surface area contributed by atoms with Crippen LogP contribution in [0.2, 0.25) is 0 Å². The van der Waals surface area contributed by atoms with Gasteiger partial charge in [0.05, 0.1) is 5.39 Å². The number of nitrogens with one attached hydrogen (secondary N) is 2. The molecule has 0 saturated carbocycles. The van der Waals surface area contributed by atoms with Crippen LogP contribution in [0.4, 0.5) is 0 Å². The molecule has 0 aliphatic carbocycles. The second-order valence-corrected chi connectivity index (χ2v) is 7.50. The number of pyridine rings is 3. The number of nitrogens with zero attached hydrogens (tertiary/aromatic N) is 5. The molecule has 6 heterocycles. The van der Waals surface area contributed by atoms with Crippen LogP contribution in [0.3, 0.4) is 0 Å². The normalized spacial score (nSPS) is 11.4. The largest absolute Gasteiger partial charge is 0.321 e. The van der Waals surface area contributed by atoms with E-state index in [1.165, 1.54) is 0 Å². The molecule has 0 atom stereocenters. The fraction of sp³-hybridized carbons (Fsp3) is 0. The predicted molar refractivity (Wildman–Crippen MR) is 113 cm³/mol. The van der Waals surface area contributed by atoms with Gasteiger partial charge in [0.2, 0.25) is 0 Å². The van der Waals surface area contributed by atoms with E-state index in [9.17, 15) is 0 Å². The minimum Gasteiger partial charge on any atom is -0.321 e. The molecule has 0 unspecified atom stereocenters. The molecule has 6 rings (SSSR count). The van der Waals surface area contributed by atoms with Crippen LogP contribution in [0.15, 0.2) is 66.6 Å². The van der Waals surface area contributed by atoms with Gasteiger partial charge in [-0.1, -0.05) is 12.1 Å². The van der Waals surface area contributed by atoms with E-state index in [1.54, 1.807) is 23.7 Å². The van der Waals surface area contributed by atoms with Gasteiger partial charge in [-0.3, -0.25) is 10.1 Å². The molecule has 0 aromatic carbocycles. The van der Waals surface area contributed by atoms with E-state index in [1.807, 2.05) is 36.7 Å². The predicted octanol–water partition coefficient (Wildman–Crippen LogP) is 4.69. The molecule has 0 amide bonds. The Morgan fingerprint density at radius 2 is 1.90 bits per heavy atom. The Hall–Kier alpha value is -3.91. The van der Waals surface area contributed by atoms with Gasteiger partial charge >= 0.3 is 0 Å². The van der Waals surface area contributed by atoms with Gasteiger partial charge in [-0.25, -0.2) is 15.0 Å². The summed E-state index contributed by atoms with van der Waals surface area (Å²) in [4.78, 5) is 22.5. The molecule has 8 heteroatoms. The Morgan fingerprint density at radius 3 is 2.76 bits per heavy atom. The van der Waals surface area contributed by atoms with E-state index in [0.717, 1.165) is 38.1 Å². The van der Waals surface area contributed by atoms with Gasteiger partial charge in [0, 0.05) is 46.4 Å². The smallest absolute Gasteiger partial charge is 0.161 e. The molecular formula is C21H13N7S. The van der Waals surface area contributed by atoms with E-state index in [0.29, 0.717) is 17.2 Å². The van der Waals surface area contributed by atoms with Crippen LogP contribution in [0, 0.1) is 0 Å². The highest BCUT2D eigenvalue weighted by Gasteiger charge is 2.17. The Bertz CT molecular complexity index is 1450. The molecule has 6 aromatic rings. The van der Waals surface area contributed by atoms with Crippen LogP contribution in [0.5, 0.6) is 0 Å². The molecule has 2 N–H and O–H groups in total. The number of hydrogen-bond donors (Lipinski definition) is 2. The summed E-state index contributed by atoms with van der Waals surface area (Å²) in [6.45, 7) is 0. The van der Waals surface area contributed by atoms with Crippen molar-refractivity contribution in [2.75, 3.05) is 0 Å². The van der Waals surface area contributed by atoms with Crippen molar-refractivity contribution >= 4 is 33.5 Å². The quantitative estimate of drug-likeness (QED) is 0.453. The number of aromatic nitrogens is 7. The summed E-state index contributed by atoms with van der Waals surface area (Å²) in [7, 11) is 0. The molecule has 138 valence electrons. The van der Waals surface area contributed by atoms with Crippen LogP contribution >= 0.6 is 11.3 Å². The number of imidazole rings is 1. The maximum Gasteiger partial charge on any atom is 0.161 e. The third-order valence-electron chi connectivity index (χ3n) is 4.81. The molecule has 29 heavy (non-hydrogen) atoms. The Labute approximate surface area is 168 Å². The maximum absolute atomic E-state index is 4.83. The highest BCUT2D eigenvalue weighted by Crippen LogP contribution is 2.33. The first-order chi connectivity index (χ1) is 14.4. The fourth-order valence-corrected chi connectivity index (χ4v) is 4.18. The van der Waals surface area contributed by atoms with Gasteiger partial charge < -0.3 is 4.98 Å². The lowest BCUT2D eigenvalue weighted by Gasteiger charge is -2.00. The van der Waals surface area contributed by atoms with Crippen molar-refractivity contribution in [2.45, 2.75) is 0 Å². The van der Waals surface area contributed by atoms with Crippen molar-refractivity contribution in [3.8, 4) is 33.1 Å². The SMILES string of the molecule is c1cncc(-c2cnc3[nH]nc(-c4nc5c(-c6cccs6)ccnc5[nH]4)c3c2)c1. The molecule has 0 aliphatic heterocycles. The Balaban J connectivity index is 1.53. The van der Waals surface area contributed by atoms with Gasteiger partial charge in [-0.2, -0.15) is 5.10 Å². The minimum atomic E-state index is 0.660. The monoisotopic (exact) mass is 395 g/mol. The van der Waals surface area contributed by atoms with Gasteiger partial charge in [-0.15, -0.1) is 11.3 Å². The average Bonchev–Trinajstić information content (AvgIpc) is 3.52. The standard InChI is InChI=1S/C21H13N7S/c1-3-12(10-22-6-1)13-9-15-18(27-28-19(15)24-11-13)21-25-17-14(16-4-2-8-29-16)5-7-23-20(17)26-21/h1-11H,(H,23,25,26)(H,24,27,28). The lowest BCUT2D eigenvalue weighted by atomic mass is 10.1. The number of thiophene rings is 1. The average molecular weight is 395 g/mol. The topological polar surface area (TPSA) is 96.0 Å². The van der Waals surface area contributed by atoms with E-state index in [4.69, 9.17) is 4.98 Å². The van der Waals surface area contributed by atoms with Gasteiger partial charge in [0.1, 0.15) is 11.2 Å². The second kappa shape index (κ2) is 6.32. The first kappa shape index (κ1) is 16.1. The zero-order valence-corrected chi connectivity index (χ0v) is 15.8. The molecule has 0 aliphatic rings. The van der Waals surface area contributed by atoms with Crippen LogP contribution in [-0.4, -0.2) is 35.1 Å². The van der Waals surface area contributed by atoms with Crippen molar-refractivity contribution in [3.63, 3.8) is 0 Å². The Morgan fingerprint density at radius 1 is 0.897 bits per heavy atom. The molecular weight excluding hydrogens is 382 g/mol. The minimum absolute atomic E-state index is 0.660. The molecule has 0 bridgehead atoms. The van der Waals surface area contributed by atoms with Crippen molar-refractivity contribution in [2.24, 2.45) is 0 Å². The number of rotatable bonds is 3. The summed E-state index contributed by atoms with van der Waals surface area (Å²) in [6, 6.07) is 12.1. The third kappa shape index (κ3) is 2.61. The zero-order valence-electron chi connectivity index (χ0n) is 15.0. The molecule has 0 spiro atoms. The highest BCUT2D eigenvalue weighted by atomic mass is 32.1. The number of hydrogen-bond acceptors (Lipinski definition) is 6. The van der Waals surface area contributed by atoms with Crippen molar-refractivity contribution in [1.29, 1.82) is 0 Å². The van der Waals surface area contributed by atoms with Crippen LogP contribution in [0.25, 0.3) is 55.3 Å². The summed E-state index contributed by atoms with van der Waals surface area (Å²) in [5.41, 5.74) is 6.02. The highest BCUT2D eigenvalue weighted by molar-refractivity contribution is 7.13. The molecule has 0 fully saturated rings. The zero-order chi connectivity index (χ0) is 19.2. The lowest BCUT2D eigenvalue weighted by molar-refractivity contribution is 1.09. The first-order valence-corrected chi connectivity index (χ1v) is 9.88. The Kier molecular flexibility index (Phi) is 3.50. The van der Waals surface area contributed by atoms with Crippen LogP contribution in [-0.2, 0) is 0 Å². The van der Waals surface area contributed by atoms with Crippen molar-refractivity contribution in [3.05, 3.63) is 66.6 Å². The fourth-order valence-electron chi connectivity index (χ4n) is 3.43. The first-order valence-electron chi connectivity index (χ1n) is 9.00. The summed E-state index contributed by atoms with van der Waals surface area (Å²) in [5.74, 6) is 0.660. The summed E-state index contributed by atoms with van der Waals surface area (Å²) in [5, 5.41) is 10.4. The van der Waals surface area contributed by atoms with E-state index in [-0.39, 0.29) is 0 Å². The van der Waals surface area contributed by atoms with E-state index in [2.05, 4.69) is 47.6 Å². The van der Waals surface area contributed by atoms with Gasteiger partial charge in [-0.05, 0) is 29.6 Å². The second-order valence-electron chi connectivity index (χ2n) is 6.55. The third-order valence-corrected chi connectivity index (χ3v) is 5.71. The van der Waals surface area contributed by atoms with E-state index >= 15 is 0 Å². The molecule has 0 radical (unpaired) electrons. The number of fused-ring (bicyclic) bond motifs is 2. The van der Waals surface area contributed by atoms with Crippen molar-refractivity contribution in [1.82, 2.24) is 35.1 Å². The molecule has 7 nitrogen and oxygen atoms in total. The summed E-state index contributed by atoms with van der Waals surface area (Å²) < 4.78 is 0. The lowest BCUT2D eigenvalue weighted by Crippen LogP contribution is -1.84. The molecule has 6 aromatic heterocycles. The maximum atomic E-state index is 4.83. The van der Waals surface area contributed by atoms with Crippen molar-refractivity contribution < 1.29 is 0 Å². The number of aromatic amines is 2.